The highest BCUT2D eigenvalue weighted by atomic mass is 19.4. The minimum atomic E-state index is -5.00. The molecule has 3 fully saturated rings. The van der Waals surface area contributed by atoms with Crippen LogP contribution in [0.15, 0.2) is 36.8 Å². The number of rotatable bonds is 6. The molecule has 1 spiro atoms. The summed E-state index contributed by atoms with van der Waals surface area (Å²) < 4.78 is 111. The van der Waals surface area contributed by atoms with Crippen molar-refractivity contribution in [2.75, 3.05) is 31.2 Å². The summed E-state index contributed by atoms with van der Waals surface area (Å²) in [6, 6.07) is 5.62. The Hall–Kier alpha value is -4.13. The van der Waals surface area contributed by atoms with Gasteiger partial charge in [-0.25, -0.2) is 27.5 Å². The fraction of sp³-hybridized carbons (Fsp3) is 0.474. The molecule has 4 atom stereocenters. The number of fused-ring (bicyclic) bond motifs is 1. The molecular weight excluding hydrogens is 675 g/mol. The van der Waals surface area contributed by atoms with Gasteiger partial charge in [0, 0.05) is 35.7 Å². The molecule has 1 aromatic heterocycles. The molecule has 3 aromatic carbocycles. The SMILES string of the molecule is Cc1c(F)c(N)cc(-c2cc3c4c(cc(OC[C@@]56CCCN5C[C@]5(CC5(F)F)C6)cc4c2F)C([C@@H](C)c2cncnc2N)CCC3)c1C(F)(F)F. The molecule has 13 heteroatoms. The summed E-state index contributed by atoms with van der Waals surface area (Å²) in [5, 5.41) is 0.615. The molecule has 0 bridgehead atoms. The van der Waals surface area contributed by atoms with Gasteiger partial charge in [0.15, 0.2) is 0 Å². The first kappa shape index (κ1) is 34.0. The minimum Gasteiger partial charge on any atom is -0.492 e. The van der Waals surface area contributed by atoms with E-state index >= 15 is 4.39 Å². The predicted octanol–water partition coefficient (Wildman–Crippen LogP) is 8.93. The van der Waals surface area contributed by atoms with Crippen molar-refractivity contribution in [3.8, 4) is 16.9 Å². The third-order valence-corrected chi connectivity index (χ3v) is 12.2. The fourth-order valence-electron chi connectivity index (χ4n) is 9.56. The topological polar surface area (TPSA) is 90.3 Å². The Bertz CT molecular complexity index is 2090. The number of aromatic nitrogens is 2. The Morgan fingerprint density at radius 2 is 1.80 bits per heavy atom. The molecule has 2 aliphatic heterocycles. The molecule has 4 aromatic rings. The number of nitrogens with zero attached hydrogens (tertiary/aromatic N) is 3. The number of hydrogen-bond acceptors (Lipinski definition) is 6. The molecule has 6 nitrogen and oxygen atoms in total. The molecule has 51 heavy (non-hydrogen) atoms. The number of ether oxygens (including phenoxy) is 1. The predicted molar refractivity (Wildman–Crippen MR) is 180 cm³/mol. The van der Waals surface area contributed by atoms with Crippen LogP contribution in [0.4, 0.5) is 42.2 Å². The number of anilines is 2. The van der Waals surface area contributed by atoms with Crippen molar-refractivity contribution in [3.05, 3.63) is 76.2 Å². The zero-order chi connectivity index (χ0) is 36.2. The van der Waals surface area contributed by atoms with Crippen molar-refractivity contribution in [1.82, 2.24) is 14.9 Å². The van der Waals surface area contributed by atoms with E-state index in [2.05, 4.69) is 14.9 Å². The van der Waals surface area contributed by atoms with Crippen molar-refractivity contribution >= 4 is 22.3 Å². The van der Waals surface area contributed by atoms with E-state index in [-0.39, 0.29) is 41.6 Å². The normalized spacial score (nSPS) is 26.0. The lowest BCUT2D eigenvalue weighted by Gasteiger charge is -2.32. The number of hydrogen-bond donors (Lipinski definition) is 2. The van der Waals surface area contributed by atoms with E-state index in [1.165, 1.54) is 18.5 Å². The largest absolute Gasteiger partial charge is 0.492 e. The summed E-state index contributed by atoms with van der Waals surface area (Å²) in [5.74, 6) is -4.71. The van der Waals surface area contributed by atoms with Gasteiger partial charge in [-0.05, 0) is 116 Å². The molecule has 4 aliphatic rings. The van der Waals surface area contributed by atoms with E-state index in [9.17, 15) is 26.3 Å². The van der Waals surface area contributed by atoms with Gasteiger partial charge < -0.3 is 16.2 Å². The molecule has 3 heterocycles. The Kier molecular flexibility index (Phi) is 7.62. The van der Waals surface area contributed by atoms with Crippen molar-refractivity contribution in [2.24, 2.45) is 5.41 Å². The molecule has 270 valence electrons. The van der Waals surface area contributed by atoms with Crippen molar-refractivity contribution in [2.45, 2.75) is 88.3 Å². The van der Waals surface area contributed by atoms with Crippen molar-refractivity contribution in [1.29, 1.82) is 0 Å². The number of benzene rings is 3. The third kappa shape index (κ3) is 5.23. The van der Waals surface area contributed by atoms with Crippen LogP contribution in [0.2, 0.25) is 0 Å². The second-order valence-corrected chi connectivity index (χ2v) is 15.2. The molecule has 0 radical (unpaired) electrons. The lowest BCUT2D eigenvalue weighted by molar-refractivity contribution is -0.137. The first-order valence-electron chi connectivity index (χ1n) is 17.3. The summed E-state index contributed by atoms with van der Waals surface area (Å²) in [4.78, 5) is 10.4. The second kappa shape index (κ2) is 11.4. The standard InChI is InChI=1S/C38H38F7N5O/c1-19(28-13-48-18-49-34(28)47)23-6-3-5-21-9-26(25-12-29(46)32(39)20(2)31(25)38(43,44)45)33(40)27-11-22(10-24(23)30(21)27)51-17-36-7-4-8-50(36)16-35(14-36)15-37(35,41)42/h9-13,18-19,23H,3-8,14-17,46H2,1-2H3,(H2,47,48,49)/t19-,23?,35-,36+/m1/s1. The summed E-state index contributed by atoms with van der Waals surface area (Å²) in [7, 11) is 0. The number of alkyl halides is 5. The minimum absolute atomic E-state index is 0.0532. The van der Waals surface area contributed by atoms with Crippen molar-refractivity contribution in [3.63, 3.8) is 0 Å². The highest BCUT2D eigenvalue weighted by molar-refractivity contribution is 5.96. The molecule has 1 saturated carbocycles. The number of aryl methyl sites for hydroxylation is 1. The maximum absolute atomic E-state index is 17.1. The summed E-state index contributed by atoms with van der Waals surface area (Å²) >= 11 is 0. The zero-order valence-electron chi connectivity index (χ0n) is 28.2. The van der Waals surface area contributed by atoms with Crippen LogP contribution < -0.4 is 16.2 Å². The van der Waals surface area contributed by atoms with Gasteiger partial charge in [0.1, 0.15) is 36.1 Å². The lowest BCUT2D eigenvalue weighted by Crippen LogP contribution is -2.43. The Labute approximate surface area is 290 Å². The van der Waals surface area contributed by atoms with Gasteiger partial charge in [-0.2, -0.15) is 13.2 Å². The molecule has 2 aliphatic carbocycles. The van der Waals surface area contributed by atoms with Crippen LogP contribution in [0.3, 0.4) is 0 Å². The third-order valence-electron chi connectivity index (χ3n) is 12.2. The fourth-order valence-corrected chi connectivity index (χ4v) is 9.56. The van der Waals surface area contributed by atoms with Gasteiger partial charge in [0.05, 0.1) is 22.2 Å². The van der Waals surface area contributed by atoms with Crippen LogP contribution in [0.1, 0.15) is 85.1 Å². The smallest absolute Gasteiger partial charge is 0.417 e. The summed E-state index contributed by atoms with van der Waals surface area (Å²) in [6.45, 7) is 4.06. The van der Waals surface area contributed by atoms with E-state index in [1.807, 2.05) is 13.0 Å². The summed E-state index contributed by atoms with van der Waals surface area (Å²) in [5.41, 5.74) is 9.11. The van der Waals surface area contributed by atoms with E-state index < -0.39 is 57.1 Å². The van der Waals surface area contributed by atoms with Crippen LogP contribution in [-0.2, 0) is 12.6 Å². The van der Waals surface area contributed by atoms with E-state index in [0.717, 1.165) is 25.0 Å². The second-order valence-electron chi connectivity index (χ2n) is 15.2. The molecular formula is C38H38F7N5O. The monoisotopic (exact) mass is 713 g/mol. The maximum Gasteiger partial charge on any atom is 0.417 e. The van der Waals surface area contributed by atoms with Gasteiger partial charge in [0.25, 0.3) is 5.92 Å². The lowest BCUT2D eigenvalue weighted by atomic mass is 9.79. The van der Waals surface area contributed by atoms with E-state index in [1.54, 1.807) is 6.20 Å². The molecule has 1 unspecified atom stereocenters. The van der Waals surface area contributed by atoms with Gasteiger partial charge in [0.2, 0.25) is 0 Å². The first-order chi connectivity index (χ1) is 24.1. The quantitative estimate of drug-likeness (QED) is 0.153. The van der Waals surface area contributed by atoms with Gasteiger partial charge in [-0.15, -0.1) is 0 Å². The van der Waals surface area contributed by atoms with Gasteiger partial charge >= 0.3 is 6.18 Å². The molecule has 4 N–H and O–H groups in total. The van der Waals surface area contributed by atoms with Gasteiger partial charge in [-0.1, -0.05) is 6.92 Å². The van der Waals surface area contributed by atoms with E-state index in [4.69, 9.17) is 16.2 Å². The zero-order valence-corrected chi connectivity index (χ0v) is 28.2. The number of nitrogens with two attached hydrogens (primary N) is 2. The first-order valence-corrected chi connectivity index (χ1v) is 17.3. The molecule has 0 amide bonds. The Balaban J connectivity index is 1.30. The van der Waals surface area contributed by atoms with Crippen LogP contribution in [0.25, 0.3) is 21.9 Å². The molecule has 8 rings (SSSR count). The van der Waals surface area contributed by atoms with Crippen LogP contribution in [0, 0.1) is 24.0 Å². The Morgan fingerprint density at radius 1 is 1.04 bits per heavy atom. The summed E-state index contributed by atoms with van der Waals surface area (Å²) in [6.07, 6.45) is 1.38. The van der Waals surface area contributed by atoms with Crippen LogP contribution in [0.5, 0.6) is 5.75 Å². The average Bonchev–Trinajstić information content (AvgIpc) is 3.27. The van der Waals surface area contributed by atoms with E-state index in [0.29, 0.717) is 67.5 Å². The van der Waals surface area contributed by atoms with Crippen LogP contribution >= 0.6 is 0 Å². The van der Waals surface area contributed by atoms with Crippen molar-refractivity contribution < 1.29 is 35.5 Å². The number of nitrogen functional groups attached to an aromatic ring is 2. The highest BCUT2D eigenvalue weighted by Crippen LogP contribution is 2.69. The average molecular weight is 714 g/mol. The number of halogens is 7. The van der Waals surface area contributed by atoms with Gasteiger partial charge in [-0.3, -0.25) is 4.90 Å². The highest BCUT2D eigenvalue weighted by Gasteiger charge is 2.77. The molecule has 2 saturated heterocycles. The Morgan fingerprint density at radius 3 is 2.51 bits per heavy atom. The maximum atomic E-state index is 17.1. The van der Waals surface area contributed by atoms with Crippen LogP contribution in [-0.4, -0.2) is 46.0 Å².